The molecule has 1 amide bonds. The first-order valence-corrected chi connectivity index (χ1v) is 13.3. The zero-order valence-electron chi connectivity index (χ0n) is 20.8. The van der Waals surface area contributed by atoms with Gasteiger partial charge in [0.05, 0.1) is 45.3 Å². The van der Waals surface area contributed by atoms with Gasteiger partial charge in [0.25, 0.3) is 5.91 Å². The lowest BCUT2D eigenvalue weighted by atomic mass is 10.1. The van der Waals surface area contributed by atoms with Crippen molar-refractivity contribution in [1.29, 1.82) is 0 Å². The number of aromatic nitrogens is 5. The molecule has 0 fully saturated rings. The molecule has 0 saturated carbocycles. The van der Waals surface area contributed by atoms with E-state index in [0.717, 1.165) is 34.9 Å². The monoisotopic (exact) mass is 573 g/mol. The van der Waals surface area contributed by atoms with Gasteiger partial charge in [0.1, 0.15) is 11.6 Å². The van der Waals surface area contributed by atoms with Gasteiger partial charge in [-0.15, -0.1) is 0 Å². The van der Waals surface area contributed by atoms with E-state index in [9.17, 15) is 30.8 Å². The lowest BCUT2D eigenvalue weighted by molar-refractivity contribution is -0.145. The smallest absolute Gasteiger partial charge is 0.383 e. The fraction of sp³-hybridized carbons (Fsp3) is 0.160. The van der Waals surface area contributed by atoms with Crippen LogP contribution in [0.5, 0.6) is 0 Å². The van der Waals surface area contributed by atoms with Crippen LogP contribution in [0.4, 0.5) is 29.1 Å². The van der Waals surface area contributed by atoms with Crippen molar-refractivity contribution in [1.82, 2.24) is 24.7 Å². The van der Waals surface area contributed by atoms with Crippen LogP contribution in [-0.4, -0.2) is 45.3 Å². The van der Waals surface area contributed by atoms with Crippen LogP contribution in [0.25, 0.3) is 21.8 Å². The number of aryl methyl sites for hydroxylation is 1. The summed E-state index contributed by atoms with van der Waals surface area (Å²) in [6, 6.07) is 7.86. The van der Waals surface area contributed by atoms with Crippen molar-refractivity contribution >= 4 is 49.1 Å². The first kappa shape index (κ1) is 26.9. The molecule has 15 heteroatoms. The average Bonchev–Trinajstić information content (AvgIpc) is 3.28. The molecular formula is C25H19F4N7O3S. The van der Waals surface area contributed by atoms with Crippen molar-refractivity contribution in [2.45, 2.75) is 17.6 Å². The highest BCUT2D eigenvalue weighted by atomic mass is 32.2. The third-order valence-corrected chi connectivity index (χ3v) is 7.25. The van der Waals surface area contributed by atoms with Crippen LogP contribution >= 0.6 is 0 Å². The molecular weight excluding hydrogens is 554 g/mol. The van der Waals surface area contributed by atoms with Gasteiger partial charge >= 0.3 is 6.18 Å². The van der Waals surface area contributed by atoms with Gasteiger partial charge in [0.2, 0.25) is 5.82 Å². The summed E-state index contributed by atoms with van der Waals surface area (Å²) >= 11 is 0. The summed E-state index contributed by atoms with van der Waals surface area (Å²) in [7, 11) is -2.31. The average molecular weight is 574 g/mol. The number of carbonyl (C=O) groups is 1. The van der Waals surface area contributed by atoms with Gasteiger partial charge in [-0.05, 0) is 29.8 Å². The number of pyridine rings is 1. The SMILES string of the molecule is Cn1ncc2c(N)nc3cc(CN(C(=O)c4cnc(C(F)(F)F)nc4)c4ccc(F)cc4S(C)(=O)=O)ccc3c21. The van der Waals surface area contributed by atoms with Crippen molar-refractivity contribution in [3.05, 3.63) is 77.8 Å². The van der Waals surface area contributed by atoms with Crippen LogP contribution in [0.3, 0.4) is 0 Å². The van der Waals surface area contributed by atoms with E-state index in [4.69, 9.17) is 5.73 Å². The molecule has 10 nitrogen and oxygen atoms in total. The molecule has 5 rings (SSSR count). The van der Waals surface area contributed by atoms with Crippen LogP contribution in [0.1, 0.15) is 21.7 Å². The second-order valence-corrected chi connectivity index (χ2v) is 10.9. The molecule has 5 aromatic rings. The Morgan fingerprint density at radius 3 is 2.40 bits per heavy atom. The Bertz CT molecular complexity index is 1910. The predicted molar refractivity (Wildman–Crippen MR) is 137 cm³/mol. The van der Waals surface area contributed by atoms with Crippen molar-refractivity contribution in [3.63, 3.8) is 0 Å². The Balaban J connectivity index is 1.64. The Labute approximate surface area is 224 Å². The normalized spacial score (nSPS) is 12.2. The van der Waals surface area contributed by atoms with Gasteiger partial charge < -0.3 is 10.6 Å². The van der Waals surface area contributed by atoms with Crippen LogP contribution in [0.2, 0.25) is 0 Å². The number of anilines is 2. The standard InChI is InChI=1S/C25H19F4N7O3S/c1-35-21-16-5-3-13(7-18(16)34-22(30)17(21)11-33-35)12-36(19-6-4-15(26)8-20(19)40(2,38)39)23(37)14-9-31-24(32-10-14)25(27,28)29/h3-11H,12H2,1-2H3,(H2,30,34). The first-order valence-electron chi connectivity index (χ1n) is 11.4. The zero-order valence-corrected chi connectivity index (χ0v) is 21.6. The first-order chi connectivity index (χ1) is 18.7. The number of benzene rings is 2. The fourth-order valence-electron chi connectivity index (χ4n) is 4.30. The number of rotatable bonds is 5. The zero-order chi connectivity index (χ0) is 29.0. The van der Waals surface area contributed by atoms with Gasteiger partial charge in [-0.2, -0.15) is 18.3 Å². The number of nitrogens with zero attached hydrogens (tertiary/aromatic N) is 6. The van der Waals surface area contributed by atoms with E-state index >= 15 is 0 Å². The van der Waals surface area contributed by atoms with Crippen molar-refractivity contribution in [2.75, 3.05) is 16.9 Å². The number of alkyl halides is 3. The summed E-state index contributed by atoms with van der Waals surface area (Å²) in [6.45, 7) is -0.269. The van der Waals surface area contributed by atoms with Crippen molar-refractivity contribution in [2.24, 2.45) is 7.05 Å². The summed E-state index contributed by atoms with van der Waals surface area (Å²) in [5.41, 5.74) is 7.20. The Hall–Kier alpha value is -4.66. The highest BCUT2D eigenvalue weighted by Gasteiger charge is 2.35. The van der Waals surface area contributed by atoms with E-state index in [-0.39, 0.29) is 23.6 Å². The maximum Gasteiger partial charge on any atom is 0.451 e. The molecule has 206 valence electrons. The van der Waals surface area contributed by atoms with E-state index in [2.05, 4.69) is 20.1 Å². The van der Waals surface area contributed by atoms with Crippen LogP contribution in [-0.2, 0) is 29.6 Å². The maximum atomic E-state index is 14.1. The number of amides is 1. The quantitative estimate of drug-likeness (QED) is 0.313. The van der Waals surface area contributed by atoms with E-state index in [1.165, 1.54) is 0 Å². The van der Waals surface area contributed by atoms with Crippen molar-refractivity contribution < 1.29 is 30.8 Å². The minimum atomic E-state index is -4.83. The van der Waals surface area contributed by atoms with E-state index in [1.807, 2.05) is 0 Å². The summed E-state index contributed by atoms with van der Waals surface area (Å²) in [5, 5.41) is 5.56. The summed E-state index contributed by atoms with van der Waals surface area (Å²) in [4.78, 5) is 25.0. The number of fused-ring (bicyclic) bond motifs is 3. The highest BCUT2D eigenvalue weighted by Crippen LogP contribution is 2.32. The number of carbonyl (C=O) groups excluding carboxylic acids is 1. The minimum Gasteiger partial charge on any atom is -0.383 e. The van der Waals surface area contributed by atoms with E-state index < -0.39 is 38.5 Å². The van der Waals surface area contributed by atoms with Crippen LogP contribution in [0.15, 0.2) is 59.9 Å². The Morgan fingerprint density at radius 1 is 1.05 bits per heavy atom. The topological polar surface area (TPSA) is 137 Å². The number of nitrogen functional groups attached to an aromatic ring is 1. The second-order valence-electron chi connectivity index (χ2n) is 8.95. The summed E-state index contributed by atoms with van der Waals surface area (Å²) in [5.74, 6) is -3.01. The molecule has 0 aliphatic carbocycles. The number of hydrogen-bond donors (Lipinski definition) is 1. The molecule has 0 radical (unpaired) electrons. The molecule has 2 aromatic carbocycles. The minimum absolute atomic E-state index is 0.191. The summed E-state index contributed by atoms with van der Waals surface area (Å²) in [6.07, 6.45) is -1.02. The molecule has 40 heavy (non-hydrogen) atoms. The summed E-state index contributed by atoms with van der Waals surface area (Å²) < 4.78 is 79.7. The van der Waals surface area contributed by atoms with E-state index in [1.54, 1.807) is 36.1 Å². The fourth-order valence-corrected chi connectivity index (χ4v) is 5.19. The number of nitrogens with two attached hydrogens (primary N) is 1. The maximum absolute atomic E-state index is 14.1. The molecule has 0 unspecified atom stereocenters. The Morgan fingerprint density at radius 2 is 1.75 bits per heavy atom. The lowest BCUT2D eigenvalue weighted by Crippen LogP contribution is -2.32. The molecule has 0 spiro atoms. The van der Waals surface area contributed by atoms with Gasteiger partial charge in [-0.25, -0.2) is 27.8 Å². The molecule has 3 aromatic heterocycles. The van der Waals surface area contributed by atoms with E-state index in [0.29, 0.717) is 34.2 Å². The predicted octanol–water partition coefficient (Wildman–Crippen LogP) is 3.90. The third-order valence-electron chi connectivity index (χ3n) is 6.12. The third kappa shape index (κ3) is 4.90. The van der Waals surface area contributed by atoms with Crippen LogP contribution < -0.4 is 10.6 Å². The van der Waals surface area contributed by atoms with Gasteiger partial charge in [-0.3, -0.25) is 9.48 Å². The second kappa shape index (κ2) is 9.51. The number of halogens is 4. The molecule has 0 atom stereocenters. The lowest BCUT2D eigenvalue weighted by Gasteiger charge is -2.25. The molecule has 3 heterocycles. The van der Waals surface area contributed by atoms with Gasteiger partial charge in [0, 0.05) is 31.1 Å². The molecule has 0 aliphatic rings. The van der Waals surface area contributed by atoms with Crippen molar-refractivity contribution in [3.8, 4) is 0 Å². The van der Waals surface area contributed by atoms with Gasteiger partial charge in [0.15, 0.2) is 9.84 Å². The largest absolute Gasteiger partial charge is 0.451 e. The highest BCUT2D eigenvalue weighted by molar-refractivity contribution is 7.90. The van der Waals surface area contributed by atoms with Crippen LogP contribution in [0, 0.1) is 5.82 Å². The number of hydrogen-bond acceptors (Lipinski definition) is 8. The Kier molecular flexibility index (Phi) is 6.40. The molecule has 0 bridgehead atoms. The molecule has 2 N–H and O–H groups in total. The number of sulfone groups is 1. The molecule has 0 saturated heterocycles. The van der Waals surface area contributed by atoms with Gasteiger partial charge in [-0.1, -0.05) is 12.1 Å². The molecule has 0 aliphatic heterocycles.